The Morgan fingerprint density at radius 3 is 2.76 bits per heavy atom. The number of benzene rings is 1. The molecule has 0 radical (unpaired) electrons. The van der Waals surface area contributed by atoms with Gasteiger partial charge in [-0.15, -0.1) is 11.3 Å². The van der Waals surface area contributed by atoms with Crippen molar-refractivity contribution in [3.05, 3.63) is 45.8 Å². The molecule has 0 bridgehead atoms. The number of amides is 2. The SMILES string of the molecule is C[C@H]1CCc2c(sc(NC(=O)c3ccc(OC[C@@H]4CCCO4)cc3)c2C(N)=O)C1. The highest BCUT2D eigenvalue weighted by Gasteiger charge is 2.27. The summed E-state index contributed by atoms with van der Waals surface area (Å²) in [6.07, 6.45) is 5.03. The Morgan fingerprint density at radius 1 is 1.28 bits per heavy atom. The van der Waals surface area contributed by atoms with Crippen molar-refractivity contribution in [1.82, 2.24) is 0 Å². The van der Waals surface area contributed by atoms with E-state index in [-0.39, 0.29) is 12.0 Å². The number of thiophene rings is 1. The number of primary amides is 1. The van der Waals surface area contributed by atoms with Crippen LogP contribution >= 0.6 is 11.3 Å². The number of hydrogen-bond acceptors (Lipinski definition) is 5. The third kappa shape index (κ3) is 4.46. The van der Waals surface area contributed by atoms with Gasteiger partial charge in [0.25, 0.3) is 11.8 Å². The molecule has 0 spiro atoms. The first-order chi connectivity index (χ1) is 14.0. The summed E-state index contributed by atoms with van der Waals surface area (Å²) in [4.78, 5) is 25.9. The van der Waals surface area contributed by atoms with Gasteiger partial charge in [0.15, 0.2) is 0 Å². The molecule has 0 saturated carbocycles. The van der Waals surface area contributed by atoms with Gasteiger partial charge in [-0.25, -0.2) is 0 Å². The van der Waals surface area contributed by atoms with Crippen LogP contribution in [0.25, 0.3) is 0 Å². The molecule has 1 aliphatic heterocycles. The van der Waals surface area contributed by atoms with Crippen LogP contribution in [0.1, 0.15) is 57.3 Å². The molecule has 2 aliphatic rings. The number of anilines is 1. The van der Waals surface area contributed by atoms with E-state index in [1.807, 2.05) is 0 Å². The summed E-state index contributed by atoms with van der Waals surface area (Å²) in [5.41, 5.74) is 7.61. The maximum atomic E-state index is 12.7. The molecule has 4 rings (SSSR count). The first kappa shape index (κ1) is 19.9. The van der Waals surface area contributed by atoms with Crippen LogP contribution in [0.5, 0.6) is 5.75 Å². The molecule has 1 aliphatic carbocycles. The van der Waals surface area contributed by atoms with Crippen molar-refractivity contribution in [2.75, 3.05) is 18.5 Å². The smallest absolute Gasteiger partial charge is 0.256 e. The minimum absolute atomic E-state index is 0.151. The molecule has 1 aromatic heterocycles. The van der Waals surface area contributed by atoms with E-state index in [2.05, 4.69) is 12.2 Å². The number of nitrogens with one attached hydrogen (secondary N) is 1. The van der Waals surface area contributed by atoms with Crippen molar-refractivity contribution < 1.29 is 19.1 Å². The van der Waals surface area contributed by atoms with Gasteiger partial charge in [-0.05, 0) is 67.9 Å². The summed E-state index contributed by atoms with van der Waals surface area (Å²) < 4.78 is 11.3. The second-order valence-electron chi connectivity index (χ2n) is 7.84. The average molecular weight is 415 g/mol. The van der Waals surface area contributed by atoms with Gasteiger partial charge in [0.1, 0.15) is 17.4 Å². The number of fused-ring (bicyclic) bond motifs is 1. The summed E-state index contributed by atoms with van der Waals surface area (Å²) >= 11 is 1.47. The van der Waals surface area contributed by atoms with Crippen molar-refractivity contribution in [1.29, 1.82) is 0 Å². The van der Waals surface area contributed by atoms with E-state index in [0.717, 1.165) is 49.2 Å². The van der Waals surface area contributed by atoms with Crippen LogP contribution in [-0.2, 0) is 17.6 Å². The summed E-state index contributed by atoms with van der Waals surface area (Å²) in [7, 11) is 0. The van der Waals surface area contributed by atoms with Crippen LogP contribution in [0, 0.1) is 5.92 Å². The molecule has 2 heterocycles. The maximum Gasteiger partial charge on any atom is 0.256 e. The fourth-order valence-electron chi connectivity index (χ4n) is 3.94. The van der Waals surface area contributed by atoms with Crippen molar-refractivity contribution in [2.45, 2.75) is 45.1 Å². The zero-order chi connectivity index (χ0) is 20.4. The van der Waals surface area contributed by atoms with E-state index in [9.17, 15) is 9.59 Å². The van der Waals surface area contributed by atoms with Crippen LogP contribution in [0.4, 0.5) is 5.00 Å². The van der Waals surface area contributed by atoms with E-state index in [1.54, 1.807) is 24.3 Å². The van der Waals surface area contributed by atoms with E-state index in [4.69, 9.17) is 15.2 Å². The third-order valence-corrected chi connectivity index (χ3v) is 6.73. The monoisotopic (exact) mass is 414 g/mol. The van der Waals surface area contributed by atoms with Crippen LogP contribution in [-0.4, -0.2) is 31.1 Å². The number of ether oxygens (including phenoxy) is 2. The van der Waals surface area contributed by atoms with Gasteiger partial charge in [-0.3, -0.25) is 9.59 Å². The summed E-state index contributed by atoms with van der Waals surface area (Å²) in [5.74, 6) is 0.540. The number of nitrogens with two attached hydrogens (primary N) is 1. The van der Waals surface area contributed by atoms with Crippen molar-refractivity contribution in [3.63, 3.8) is 0 Å². The number of hydrogen-bond donors (Lipinski definition) is 2. The lowest BCUT2D eigenvalue weighted by Gasteiger charge is -2.18. The largest absolute Gasteiger partial charge is 0.491 e. The van der Waals surface area contributed by atoms with Crippen LogP contribution < -0.4 is 15.8 Å². The fourth-order valence-corrected chi connectivity index (χ4v) is 5.35. The molecule has 1 fully saturated rings. The second-order valence-corrected chi connectivity index (χ2v) is 8.95. The first-order valence-electron chi connectivity index (χ1n) is 10.1. The van der Waals surface area contributed by atoms with Crippen molar-refractivity contribution in [3.8, 4) is 5.75 Å². The van der Waals surface area contributed by atoms with Crippen molar-refractivity contribution in [2.24, 2.45) is 11.7 Å². The average Bonchev–Trinajstić information content (AvgIpc) is 3.33. The predicted molar refractivity (Wildman–Crippen MR) is 113 cm³/mol. The molecule has 29 heavy (non-hydrogen) atoms. The van der Waals surface area contributed by atoms with Crippen molar-refractivity contribution >= 4 is 28.2 Å². The lowest BCUT2D eigenvalue weighted by Crippen LogP contribution is -2.19. The Bertz CT molecular complexity index is 900. The van der Waals surface area contributed by atoms with E-state index < -0.39 is 5.91 Å². The number of rotatable bonds is 6. The summed E-state index contributed by atoms with van der Waals surface area (Å²) in [6, 6.07) is 7.00. The Hall–Kier alpha value is -2.38. The molecule has 2 aromatic rings. The highest BCUT2D eigenvalue weighted by Crippen LogP contribution is 2.39. The Kier molecular flexibility index (Phi) is 5.87. The predicted octanol–water partition coefficient (Wildman–Crippen LogP) is 3.78. The molecule has 2 amide bonds. The van der Waals surface area contributed by atoms with Crippen LogP contribution in [0.3, 0.4) is 0 Å². The van der Waals surface area contributed by atoms with E-state index in [0.29, 0.717) is 34.4 Å². The first-order valence-corrected chi connectivity index (χ1v) is 10.9. The Morgan fingerprint density at radius 2 is 2.07 bits per heavy atom. The normalized spacial score (nSPS) is 20.9. The van der Waals surface area contributed by atoms with E-state index in [1.165, 1.54) is 11.3 Å². The van der Waals surface area contributed by atoms with Crippen LogP contribution in [0.15, 0.2) is 24.3 Å². The molecule has 154 valence electrons. The lowest BCUT2D eigenvalue weighted by atomic mass is 9.88. The third-order valence-electron chi connectivity index (χ3n) is 5.56. The molecular formula is C22H26N2O4S. The summed E-state index contributed by atoms with van der Waals surface area (Å²) in [5, 5.41) is 3.45. The van der Waals surface area contributed by atoms with Crippen LogP contribution in [0.2, 0.25) is 0 Å². The minimum Gasteiger partial charge on any atom is -0.491 e. The zero-order valence-corrected chi connectivity index (χ0v) is 17.3. The van der Waals surface area contributed by atoms with Gasteiger partial charge in [0, 0.05) is 17.0 Å². The van der Waals surface area contributed by atoms with Gasteiger partial charge in [0.05, 0.1) is 11.7 Å². The molecule has 0 unspecified atom stereocenters. The molecule has 2 atom stereocenters. The van der Waals surface area contributed by atoms with Gasteiger partial charge >= 0.3 is 0 Å². The maximum absolute atomic E-state index is 12.7. The Labute approximate surface area is 174 Å². The molecule has 6 nitrogen and oxygen atoms in total. The number of carbonyl (C=O) groups excluding carboxylic acids is 2. The minimum atomic E-state index is -0.481. The molecule has 1 saturated heterocycles. The molecular weight excluding hydrogens is 388 g/mol. The summed E-state index contributed by atoms with van der Waals surface area (Å²) in [6.45, 7) is 3.52. The van der Waals surface area contributed by atoms with Gasteiger partial charge in [-0.2, -0.15) is 0 Å². The fraction of sp³-hybridized carbons (Fsp3) is 0.455. The van der Waals surface area contributed by atoms with Gasteiger partial charge < -0.3 is 20.5 Å². The van der Waals surface area contributed by atoms with Gasteiger partial charge in [0.2, 0.25) is 0 Å². The van der Waals surface area contributed by atoms with Gasteiger partial charge in [-0.1, -0.05) is 6.92 Å². The highest BCUT2D eigenvalue weighted by atomic mass is 32.1. The topological polar surface area (TPSA) is 90.7 Å². The number of carbonyl (C=O) groups is 2. The standard InChI is InChI=1S/C22H26N2O4S/c1-13-4-9-17-18(11-13)29-22(19(17)20(23)25)24-21(26)14-5-7-15(8-6-14)28-12-16-3-2-10-27-16/h5-8,13,16H,2-4,9-12H2,1H3,(H2,23,25)(H,24,26)/t13-,16-/m0/s1. The Balaban J connectivity index is 1.44. The zero-order valence-electron chi connectivity index (χ0n) is 16.5. The molecule has 7 heteroatoms. The second kappa shape index (κ2) is 8.55. The lowest BCUT2D eigenvalue weighted by molar-refractivity contribution is 0.0679. The molecule has 1 aromatic carbocycles. The highest BCUT2D eigenvalue weighted by molar-refractivity contribution is 7.17. The molecule has 3 N–H and O–H groups in total. The quantitative estimate of drug-likeness (QED) is 0.753. The van der Waals surface area contributed by atoms with E-state index >= 15 is 0 Å².